The highest BCUT2D eigenvalue weighted by molar-refractivity contribution is 5.55. The molecule has 0 atom stereocenters. The van der Waals surface area contributed by atoms with Crippen LogP contribution < -0.4 is 0 Å². The summed E-state index contributed by atoms with van der Waals surface area (Å²) in [5.41, 5.74) is 2.60. The molecular formula is C10H11N3. The van der Waals surface area contributed by atoms with Gasteiger partial charge in [-0.1, -0.05) is 0 Å². The third kappa shape index (κ3) is 0.963. The van der Waals surface area contributed by atoms with E-state index in [2.05, 4.69) is 16.1 Å². The van der Waals surface area contributed by atoms with Gasteiger partial charge in [-0.25, -0.2) is 9.50 Å². The minimum absolute atomic E-state index is 0.765. The Labute approximate surface area is 76.4 Å². The largest absolute Gasteiger partial charge is 0.239 e. The van der Waals surface area contributed by atoms with Crippen molar-refractivity contribution in [3.63, 3.8) is 0 Å². The number of imidazole rings is 1. The zero-order valence-corrected chi connectivity index (χ0v) is 7.57. The number of nitrogens with zero attached hydrogens (tertiary/aromatic N) is 3. The van der Waals surface area contributed by atoms with Crippen molar-refractivity contribution >= 4 is 5.52 Å². The van der Waals surface area contributed by atoms with Gasteiger partial charge in [-0.05, 0) is 37.3 Å². The molecule has 3 heteroatoms. The molecule has 0 saturated heterocycles. The van der Waals surface area contributed by atoms with E-state index in [1.807, 2.05) is 23.8 Å². The number of aromatic nitrogens is 3. The van der Waals surface area contributed by atoms with Crippen LogP contribution in [0.3, 0.4) is 0 Å². The predicted molar refractivity (Wildman–Crippen MR) is 49.7 cm³/mol. The minimum atomic E-state index is 0.765. The van der Waals surface area contributed by atoms with Gasteiger partial charge in [0.05, 0.1) is 11.7 Å². The average Bonchev–Trinajstić information content (AvgIpc) is 2.92. The zero-order chi connectivity index (χ0) is 8.84. The molecular weight excluding hydrogens is 162 g/mol. The van der Waals surface area contributed by atoms with Gasteiger partial charge < -0.3 is 0 Å². The van der Waals surface area contributed by atoms with Crippen LogP contribution in [0.25, 0.3) is 5.52 Å². The Balaban J connectivity index is 2.33. The van der Waals surface area contributed by atoms with Crippen molar-refractivity contribution in [3.05, 3.63) is 29.8 Å². The first kappa shape index (κ1) is 7.06. The Hall–Kier alpha value is -1.38. The fourth-order valence-electron chi connectivity index (χ4n) is 1.79. The van der Waals surface area contributed by atoms with Gasteiger partial charge in [0.2, 0.25) is 0 Å². The van der Waals surface area contributed by atoms with Crippen LogP contribution >= 0.6 is 0 Å². The van der Waals surface area contributed by atoms with Crippen molar-refractivity contribution in [2.24, 2.45) is 0 Å². The quantitative estimate of drug-likeness (QED) is 0.659. The van der Waals surface area contributed by atoms with E-state index in [1.165, 1.54) is 23.9 Å². The highest BCUT2D eigenvalue weighted by Crippen LogP contribution is 2.41. The molecule has 2 aromatic rings. The third-order valence-electron chi connectivity index (χ3n) is 2.66. The van der Waals surface area contributed by atoms with Crippen molar-refractivity contribution in [1.29, 1.82) is 0 Å². The first-order valence-electron chi connectivity index (χ1n) is 4.65. The van der Waals surface area contributed by atoms with E-state index < -0.39 is 0 Å². The Morgan fingerprint density at radius 2 is 2.31 bits per heavy atom. The van der Waals surface area contributed by atoms with E-state index in [-0.39, 0.29) is 0 Å². The molecule has 1 fully saturated rings. The van der Waals surface area contributed by atoms with Gasteiger partial charge in [-0.15, -0.1) is 0 Å². The summed E-state index contributed by atoms with van der Waals surface area (Å²) in [5, 5.41) is 4.27. The van der Waals surface area contributed by atoms with E-state index in [0.717, 1.165) is 11.7 Å². The second kappa shape index (κ2) is 2.31. The van der Waals surface area contributed by atoms with Crippen LogP contribution in [0, 0.1) is 6.92 Å². The van der Waals surface area contributed by atoms with Gasteiger partial charge in [0, 0.05) is 6.20 Å². The molecule has 13 heavy (non-hydrogen) atoms. The van der Waals surface area contributed by atoms with Gasteiger partial charge in [-0.3, -0.25) is 0 Å². The molecule has 3 nitrogen and oxygen atoms in total. The Morgan fingerprint density at radius 3 is 3.08 bits per heavy atom. The first-order chi connectivity index (χ1) is 6.36. The Bertz CT molecular complexity index is 454. The maximum Gasteiger partial charge on any atom is 0.127 e. The fraction of sp³-hybridized carbons (Fsp3) is 0.400. The maximum atomic E-state index is 4.27. The molecule has 3 rings (SSSR count). The number of hydrogen-bond acceptors (Lipinski definition) is 2. The lowest BCUT2D eigenvalue weighted by Crippen LogP contribution is -1.95. The number of aryl methyl sites for hydroxylation is 1. The fourth-order valence-corrected chi connectivity index (χ4v) is 1.79. The third-order valence-corrected chi connectivity index (χ3v) is 2.66. The van der Waals surface area contributed by atoms with Crippen LogP contribution in [-0.4, -0.2) is 14.6 Å². The maximum absolute atomic E-state index is 4.27. The van der Waals surface area contributed by atoms with Crippen LogP contribution in [0.1, 0.15) is 30.1 Å². The van der Waals surface area contributed by atoms with Crippen LogP contribution in [-0.2, 0) is 0 Å². The van der Waals surface area contributed by atoms with Gasteiger partial charge in [-0.2, -0.15) is 5.10 Å². The highest BCUT2D eigenvalue weighted by Gasteiger charge is 2.25. The summed E-state index contributed by atoms with van der Waals surface area (Å²) in [6.45, 7) is 1.98. The summed E-state index contributed by atoms with van der Waals surface area (Å²) in [6, 6.07) is 2.12. The topological polar surface area (TPSA) is 30.2 Å². The van der Waals surface area contributed by atoms with E-state index >= 15 is 0 Å². The summed E-state index contributed by atoms with van der Waals surface area (Å²) >= 11 is 0. The Morgan fingerprint density at radius 1 is 1.46 bits per heavy atom. The summed E-state index contributed by atoms with van der Waals surface area (Å²) in [4.78, 5) is 4.27. The molecule has 0 radical (unpaired) electrons. The molecule has 0 amide bonds. The van der Waals surface area contributed by atoms with E-state index in [4.69, 9.17) is 0 Å². The molecule has 2 heterocycles. The summed E-state index contributed by atoms with van der Waals surface area (Å²) < 4.78 is 1.92. The van der Waals surface area contributed by atoms with E-state index in [9.17, 15) is 0 Å². The lowest BCUT2D eigenvalue weighted by atomic mass is 10.2. The molecule has 1 aliphatic carbocycles. The molecule has 1 aliphatic rings. The number of hydrogen-bond donors (Lipinski definition) is 0. The van der Waals surface area contributed by atoms with Crippen molar-refractivity contribution < 1.29 is 0 Å². The van der Waals surface area contributed by atoms with Gasteiger partial charge in [0.15, 0.2) is 0 Å². The molecule has 0 aliphatic heterocycles. The SMILES string of the molecule is Cc1ncc2c(C3CC3)ccnn12. The number of rotatable bonds is 1. The second-order valence-corrected chi connectivity index (χ2v) is 3.66. The van der Waals surface area contributed by atoms with Crippen molar-refractivity contribution in [2.75, 3.05) is 0 Å². The highest BCUT2D eigenvalue weighted by atomic mass is 15.2. The van der Waals surface area contributed by atoms with Crippen molar-refractivity contribution in [1.82, 2.24) is 14.6 Å². The lowest BCUT2D eigenvalue weighted by molar-refractivity contribution is 0.865. The van der Waals surface area contributed by atoms with E-state index in [1.54, 1.807) is 0 Å². The van der Waals surface area contributed by atoms with Crippen LogP contribution in [0.5, 0.6) is 0 Å². The minimum Gasteiger partial charge on any atom is -0.239 e. The molecule has 0 N–H and O–H groups in total. The van der Waals surface area contributed by atoms with Crippen molar-refractivity contribution in [2.45, 2.75) is 25.7 Å². The van der Waals surface area contributed by atoms with Crippen LogP contribution in [0.2, 0.25) is 0 Å². The zero-order valence-electron chi connectivity index (χ0n) is 7.57. The first-order valence-corrected chi connectivity index (χ1v) is 4.65. The summed E-state index contributed by atoms with van der Waals surface area (Å²) in [7, 11) is 0. The standard InChI is InChI=1S/C10H11N3/c1-7-11-6-10-9(8-2-3-8)4-5-12-13(7)10/h4-6,8H,2-3H2,1H3. The van der Waals surface area contributed by atoms with Gasteiger partial charge >= 0.3 is 0 Å². The Kier molecular flexibility index (Phi) is 1.26. The van der Waals surface area contributed by atoms with Gasteiger partial charge in [0.25, 0.3) is 0 Å². The van der Waals surface area contributed by atoms with Crippen molar-refractivity contribution in [3.8, 4) is 0 Å². The molecule has 0 aromatic carbocycles. The summed E-state index contributed by atoms with van der Waals surface area (Å²) in [5.74, 6) is 1.74. The second-order valence-electron chi connectivity index (χ2n) is 3.66. The molecule has 0 spiro atoms. The monoisotopic (exact) mass is 173 g/mol. The van der Waals surface area contributed by atoms with E-state index in [0.29, 0.717) is 0 Å². The molecule has 2 aromatic heterocycles. The molecule has 1 saturated carbocycles. The lowest BCUT2D eigenvalue weighted by Gasteiger charge is -2.00. The molecule has 66 valence electrons. The summed E-state index contributed by atoms with van der Waals surface area (Å²) in [6.07, 6.45) is 6.44. The molecule has 0 unspecified atom stereocenters. The van der Waals surface area contributed by atoms with Gasteiger partial charge in [0.1, 0.15) is 5.82 Å². The van der Waals surface area contributed by atoms with Crippen LogP contribution in [0.4, 0.5) is 0 Å². The van der Waals surface area contributed by atoms with Crippen LogP contribution in [0.15, 0.2) is 18.5 Å². The smallest absolute Gasteiger partial charge is 0.127 e. The predicted octanol–water partition coefficient (Wildman–Crippen LogP) is 1.92. The normalized spacial score (nSPS) is 16.7. The average molecular weight is 173 g/mol. The number of fused-ring (bicyclic) bond motifs is 1. The molecule has 0 bridgehead atoms.